The SMILES string of the molecule is CCOC(=O)C(=Cc1ccc(OCCOC(=O)Cl)cc1)C(=O)OCC. The van der Waals surface area contributed by atoms with Crippen LogP contribution in [0.3, 0.4) is 0 Å². The molecule has 0 spiro atoms. The fourth-order valence-electron chi connectivity index (χ4n) is 1.73. The lowest BCUT2D eigenvalue weighted by Gasteiger charge is -2.08. The number of halogens is 1. The number of benzene rings is 1. The maximum Gasteiger partial charge on any atom is 0.403 e. The lowest BCUT2D eigenvalue weighted by Crippen LogP contribution is -2.18. The number of carbonyl (C=O) groups excluding carboxylic acids is 3. The summed E-state index contributed by atoms with van der Waals surface area (Å²) in [5.74, 6) is -0.968. The van der Waals surface area contributed by atoms with Crippen molar-refractivity contribution in [1.29, 1.82) is 0 Å². The fourth-order valence-corrected chi connectivity index (χ4v) is 1.80. The van der Waals surface area contributed by atoms with Crippen molar-refractivity contribution >= 4 is 35.0 Å². The molecule has 0 aliphatic heterocycles. The third kappa shape index (κ3) is 7.71. The molecule has 0 fully saturated rings. The standard InChI is InChI=1S/C17H19ClO7/c1-3-22-15(19)14(16(20)23-4-2)11-12-5-7-13(8-6-12)24-9-10-25-17(18)21/h5-8,11H,3-4,9-10H2,1-2H3. The highest BCUT2D eigenvalue weighted by molar-refractivity contribution is 6.61. The molecule has 0 saturated heterocycles. The number of ether oxygens (including phenoxy) is 4. The largest absolute Gasteiger partial charge is 0.490 e. The summed E-state index contributed by atoms with van der Waals surface area (Å²) in [6.07, 6.45) is 1.38. The van der Waals surface area contributed by atoms with Crippen molar-refractivity contribution in [3.05, 3.63) is 35.4 Å². The van der Waals surface area contributed by atoms with Crippen LogP contribution in [0.4, 0.5) is 4.79 Å². The second-order valence-electron chi connectivity index (χ2n) is 4.50. The Morgan fingerprint density at radius 2 is 1.48 bits per heavy atom. The van der Waals surface area contributed by atoms with Crippen molar-refractivity contribution in [2.75, 3.05) is 26.4 Å². The van der Waals surface area contributed by atoms with Crippen LogP contribution in [0.2, 0.25) is 0 Å². The van der Waals surface area contributed by atoms with Gasteiger partial charge in [-0.2, -0.15) is 0 Å². The first-order chi connectivity index (χ1) is 12.0. The fraction of sp³-hybridized carbons (Fsp3) is 0.353. The molecule has 7 nitrogen and oxygen atoms in total. The Morgan fingerprint density at radius 3 is 1.96 bits per heavy atom. The Balaban J connectivity index is 2.78. The van der Waals surface area contributed by atoms with Gasteiger partial charge in [-0.05, 0) is 37.6 Å². The maximum atomic E-state index is 11.9. The Labute approximate surface area is 150 Å². The quantitative estimate of drug-likeness (QED) is 0.125. The Bertz CT molecular complexity index is 602. The molecule has 0 aliphatic rings. The van der Waals surface area contributed by atoms with E-state index in [1.54, 1.807) is 38.1 Å². The maximum absolute atomic E-state index is 11.9. The van der Waals surface area contributed by atoms with E-state index >= 15 is 0 Å². The van der Waals surface area contributed by atoms with Gasteiger partial charge in [-0.1, -0.05) is 12.1 Å². The molecular weight excluding hydrogens is 352 g/mol. The van der Waals surface area contributed by atoms with Crippen molar-refractivity contribution in [2.24, 2.45) is 0 Å². The van der Waals surface area contributed by atoms with Crippen LogP contribution in [-0.4, -0.2) is 43.8 Å². The van der Waals surface area contributed by atoms with Crippen molar-refractivity contribution in [3.8, 4) is 5.75 Å². The predicted molar refractivity (Wildman–Crippen MR) is 90.4 cm³/mol. The zero-order valence-electron chi connectivity index (χ0n) is 14.0. The first kappa shape index (κ1) is 20.5. The van der Waals surface area contributed by atoms with Crippen LogP contribution in [0, 0.1) is 0 Å². The van der Waals surface area contributed by atoms with E-state index in [1.807, 2.05) is 0 Å². The minimum absolute atomic E-state index is 0.0276. The second kappa shape index (κ2) is 11.1. The van der Waals surface area contributed by atoms with Gasteiger partial charge < -0.3 is 18.9 Å². The normalized spacial score (nSPS) is 9.72. The summed E-state index contributed by atoms with van der Waals surface area (Å²) in [7, 11) is 0. The zero-order valence-corrected chi connectivity index (χ0v) is 14.7. The van der Waals surface area contributed by atoms with Crippen molar-refractivity contribution in [3.63, 3.8) is 0 Å². The van der Waals surface area contributed by atoms with Crippen LogP contribution < -0.4 is 4.74 Å². The smallest absolute Gasteiger partial charge is 0.403 e. The summed E-state index contributed by atoms with van der Waals surface area (Å²) in [5.41, 5.74) is -0.489. The number of esters is 2. The summed E-state index contributed by atoms with van der Waals surface area (Å²) in [6, 6.07) is 6.59. The van der Waals surface area contributed by atoms with Crippen LogP contribution in [0.5, 0.6) is 5.75 Å². The van der Waals surface area contributed by atoms with E-state index in [9.17, 15) is 14.4 Å². The average molecular weight is 371 g/mol. The van der Waals surface area contributed by atoms with Gasteiger partial charge in [0.1, 0.15) is 24.5 Å². The van der Waals surface area contributed by atoms with Crippen LogP contribution in [0.25, 0.3) is 6.08 Å². The first-order valence-corrected chi connectivity index (χ1v) is 7.96. The Hall–Kier alpha value is -2.54. The van der Waals surface area contributed by atoms with Crippen molar-refractivity contribution in [1.82, 2.24) is 0 Å². The van der Waals surface area contributed by atoms with E-state index in [0.717, 1.165) is 0 Å². The summed E-state index contributed by atoms with van der Waals surface area (Å²) >= 11 is 5.03. The molecule has 1 aromatic rings. The number of rotatable bonds is 9. The molecule has 0 heterocycles. The van der Waals surface area contributed by atoms with Gasteiger partial charge in [0, 0.05) is 11.6 Å². The summed E-state index contributed by atoms with van der Waals surface area (Å²) in [5, 5.41) is 0. The average Bonchev–Trinajstić information content (AvgIpc) is 2.58. The second-order valence-corrected chi connectivity index (χ2v) is 4.81. The molecular formula is C17H19ClO7. The van der Waals surface area contributed by atoms with Crippen molar-refractivity contribution < 1.29 is 33.3 Å². The Kier molecular flexibility index (Phi) is 9.10. The molecule has 0 saturated carbocycles. The predicted octanol–water partition coefficient (Wildman–Crippen LogP) is 2.95. The molecule has 0 amide bonds. The van der Waals surface area contributed by atoms with Gasteiger partial charge in [-0.25, -0.2) is 14.4 Å². The molecule has 0 aliphatic carbocycles. The molecule has 0 unspecified atom stereocenters. The number of carbonyl (C=O) groups is 3. The van der Waals surface area contributed by atoms with Crippen LogP contribution >= 0.6 is 11.6 Å². The molecule has 0 bridgehead atoms. The van der Waals surface area contributed by atoms with Gasteiger partial charge >= 0.3 is 17.4 Å². The van der Waals surface area contributed by atoms with Crippen molar-refractivity contribution in [2.45, 2.75) is 13.8 Å². The van der Waals surface area contributed by atoms with Gasteiger partial charge in [0.15, 0.2) is 0 Å². The summed E-state index contributed by atoms with van der Waals surface area (Å²) in [6.45, 7) is 3.76. The van der Waals surface area contributed by atoms with Gasteiger partial charge in [-0.15, -0.1) is 0 Å². The topological polar surface area (TPSA) is 88.1 Å². The minimum atomic E-state index is -0.894. The van der Waals surface area contributed by atoms with E-state index in [-0.39, 0.29) is 32.0 Å². The zero-order chi connectivity index (χ0) is 18.7. The number of hydrogen-bond acceptors (Lipinski definition) is 7. The van der Waals surface area contributed by atoms with Gasteiger partial charge in [0.2, 0.25) is 0 Å². The molecule has 136 valence electrons. The van der Waals surface area contributed by atoms with E-state index in [2.05, 4.69) is 4.74 Å². The monoisotopic (exact) mass is 370 g/mol. The van der Waals surface area contributed by atoms with E-state index < -0.39 is 17.4 Å². The van der Waals surface area contributed by atoms with Crippen LogP contribution in [0.1, 0.15) is 19.4 Å². The van der Waals surface area contributed by atoms with E-state index in [1.165, 1.54) is 6.08 Å². The lowest BCUT2D eigenvalue weighted by atomic mass is 10.1. The highest BCUT2D eigenvalue weighted by Gasteiger charge is 2.20. The van der Waals surface area contributed by atoms with Crippen LogP contribution in [-0.2, 0) is 23.8 Å². The lowest BCUT2D eigenvalue weighted by molar-refractivity contribution is -0.146. The van der Waals surface area contributed by atoms with Gasteiger partial charge in [0.05, 0.1) is 13.2 Å². The first-order valence-electron chi connectivity index (χ1n) is 7.59. The molecule has 1 aromatic carbocycles. The third-order valence-electron chi connectivity index (χ3n) is 2.75. The molecule has 0 radical (unpaired) electrons. The molecule has 1 rings (SSSR count). The summed E-state index contributed by atoms with van der Waals surface area (Å²) in [4.78, 5) is 34.2. The third-order valence-corrected chi connectivity index (χ3v) is 2.86. The number of hydrogen-bond donors (Lipinski definition) is 0. The minimum Gasteiger partial charge on any atom is -0.490 e. The highest BCUT2D eigenvalue weighted by Crippen LogP contribution is 2.16. The molecule has 0 N–H and O–H groups in total. The van der Waals surface area contributed by atoms with E-state index in [4.69, 9.17) is 25.8 Å². The highest BCUT2D eigenvalue weighted by atomic mass is 35.5. The summed E-state index contributed by atoms with van der Waals surface area (Å²) < 4.78 is 19.6. The molecule has 25 heavy (non-hydrogen) atoms. The molecule has 8 heteroatoms. The van der Waals surface area contributed by atoms with Crippen LogP contribution in [0.15, 0.2) is 29.8 Å². The Morgan fingerprint density at radius 1 is 0.920 bits per heavy atom. The molecule has 0 atom stereocenters. The van der Waals surface area contributed by atoms with Gasteiger partial charge in [0.25, 0.3) is 0 Å². The molecule has 0 aromatic heterocycles. The van der Waals surface area contributed by atoms with E-state index in [0.29, 0.717) is 11.3 Å². The van der Waals surface area contributed by atoms with Gasteiger partial charge in [-0.3, -0.25) is 0 Å².